The van der Waals surface area contributed by atoms with Crippen molar-refractivity contribution in [2.45, 2.75) is 17.9 Å². The molecule has 0 amide bonds. The van der Waals surface area contributed by atoms with Gasteiger partial charge in [-0.3, -0.25) is 4.98 Å². The minimum absolute atomic E-state index is 0.143. The van der Waals surface area contributed by atoms with Gasteiger partial charge in [0.05, 0.1) is 0 Å². The van der Waals surface area contributed by atoms with Gasteiger partial charge in [-0.15, -0.1) is 0 Å². The van der Waals surface area contributed by atoms with Gasteiger partial charge in [0, 0.05) is 22.9 Å². The summed E-state index contributed by atoms with van der Waals surface area (Å²) in [5, 5.41) is 0. The smallest absolute Gasteiger partial charge is 0.242 e. The van der Waals surface area contributed by atoms with E-state index in [-0.39, 0.29) is 10.9 Å². The van der Waals surface area contributed by atoms with E-state index in [1.54, 1.807) is 13.1 Å². The van der Waals surface area contributed by atoms with Gasteiger partial charge in [0.1, 0.15) is 4.90 Å². The largest absolute Gasteiger partial charge is 0.262 e. The fourth-order valence-electron chi connectivity index (χ4n) is 1.65. The van der Waals surface area contributed by atoms with Crippen molar-refractivity contribution >= 4 is 26.0 Å². The summed E-state index contributed by atoms with van der Waals surface area (Å²) in [6.45, 7) is 1.80. The summed E-state index contributed by atoms with van der Waals surface area (Å²) in [6.07, 6.45) is 2.87. The van der Waals surface area contributed by atoms with Crippen LogP contribution < -0.4 is 4.72 Å². The maximum atomic E-state index is 12.2. The second-order valence-corrected chi connectivity index (χ2v) is 6.72. The first kappa shape index (κ1) is 14.2. The summed E-state index contributed by atoms with van der Waals surface area (Å²) in [5.74, 6) is 0. The Balaban J connectivity index is 2.23. The van der Waals surface area contributed by atoms with E-state index in [2.05, 4.69) is 25.6 Å². The molecule has 1 aromatic carbocycles. The van der Waals surface area contributed by atoms with Gasteiger partial charge < -0.3 is 0 Å². The first-order chi connectivity index (χ1) is 8.99. The second-order valence-electron chi connectivity index (χ2n) is 4.09. The van der Waals surface area contributed by atoms with Crippen molar-refractivity contribution in [3.05, 3.63) is 58.8 Å². The first-order valence-electron chi connectivity index (χ1n) is 5.67. The van der Waals surface area contributed by atoms with Gasteiger partial charge in [-0.2, -0.15) is 0 Å². The van der Waals surface area contributed by atoms with Gasteiger partial charge in [0.25, 0.3) is 0 Å². The quantitative estimate of drug-likeness (QED) is 0.930. The molecule has 1 atom stereocenters. The van der Waals surface area contributed by atoms with Gasteiger partial charge in [0.15, 0.2) is 0 Å². The number of nitrogens with one attached hydrogen (secondary N) is 1. The zero-order chi connectivity index (χ0) is 13.9. The third-order valence-corrected chi connectivity index (χ3v) is 4.56. The van der Waals surface area contributed by atoms with Crippen LogP contribution in [0.15, 0.2) is 58.2 Å². The van der Waals surface area contributed by atoms with Crippen LogP contribution in [-0.4, -0.2) is 13.4 Å². The molecule has 100 valence electrons. The standard InChI is InChI=1S/C13H13BrN2O2S/c1-10(11-5-3-2-4-6-11)16-19(17,18)13-7-12(14)8-15-9-13/h2-10,16H,1H3. The second kappa shape index (κ2) is 5.81. The fraction of sp³-hybridized carbons (Fsp3) is 0.154. The topological polar surface area (TPSA) is 59.1 Å². The Morgan fingerprint density at radius 3 is 2.53 bits per heavy atom. The van der Waals surface area contributed by atoms with Crippen molar-refractivity contribution in [1.29, 1.82) is 0 Å². The van der Waals surface area contributed by atoms with E-state index in [1.807, 2.05) is 30.3 Å². The number of benzene rings is 1. The Bertz CT molecular complexity index is 659. The van der Waals surface area contributed by atoms with Crippen LogP contribution in [0.25, 0.3) is 0 Å². The van der Waals surface area contributed by atoms with Gasteiger partial charge in [-0.1, -0.05) is 30.3 Å². The zero-order valence-corrected chi connectivity index (χ0v) is 12.6. The molecule has 1 N–H and O–H groups in total. The van der Waals surface area contributed by atoms with Crippen LogP contribution in [0.1, 0.15) is 18.5 Å². The summed E-state index contributed by atoms with van der Waals surface area (Å²) < 4.78 is 27.6. The predicted octanol–water partition coefficient (Wildman–Crippen LogP) is 2.88. The highest BCUT2D eigenvalue weighted by Crippen LogP contribution is 2.18. The molecule has 2 rings (SSSR count). The van der Waals surface area contributed by atoms with Crippen LogP contribution >= 0.6 is 15.9 Å². The van der Waals surface area contributed by atoms with E-state index >= 15 is 0 Å². The number of pyridine rings is 1. The Morgan fingerprint density at radius 1 is 1.21 bits per heavy atom. The summed E-state index contributed by atoms with van der Waals surface area (Å²) in [4.78, 5) is 4.01. The molecule has 0 spiro atoms. The number of hydrogen-bond acceptors (Lipinski definition) is 3. The average Bonchev–Trinajstić information content (AvgIpc) is 2.39. The number of aromatic nitrogens is 1. The molecule has 4 nitrogen and oxygen atoms in total. The molecule has 0 saturated carbocycles. The van der Waals surface area contributed by atoms with E-state index in [4.69, 9.17) is 0 Å². The summed E-state index contributed by atoms with van der Waals surface area (Å²) in [7, 11) is -3.57. The molecule has 1 unspecified atom stereocenters. The zero-order valence-electron chi connectivity index (χ0n) is 10.2. The molecule has 0 aliphatic heterocycles. The van der Waals surface area contributed by atoms with E-state index in [1.165, 1.54) is 12.3 Å². The molecule has 1 heterocycles. The molecule has 0 radical (unpaired) electrons. The SMILES string of the molecule is CC(NS(=O)(=O)c1cncc(Br)c1)c1ccccc1. The van der Waals surface area contributed by atoms with Crippen LogP contribution in [0, 0.1) is 0 Å². The van der Waals surface area contributed by atoms with Crippen molar-refractivity contribution in [2.24, 2.45) is 0 Å². The molecule has 0 aliphatic carbocycles. The third-order valence-electron chi connectivity index (χ3n) is 2.62. The molecule has 19 heavy (non-hydrogen) atoms. The molecule has 0 bridgehead atoms. The number of rotatable bonds is 4. The Kier molecular flexibility index (Phi) is 4.34. The molecule has 1 aromatic heterocycles. The average molecular weight is 341 g/mol. The van der Waals surface area contributed by atoms with Crippen LogP contribution in [0.5, 0.6) is 0 Å². The summed E-state index contributed by atoms with van der Waals surface area (Å²) >= 11 is 3.21. The maximum absolute atomic E-state index is 12.2. The molecule has 6 heteroatoms. The van der Waals surface area contributed by atoms with Crippen LogP contribution in [0.3, 0.4) is 0 Å². The van der Waals surface area contributed by atoms with Gasteiger partial charge >= 0.3 is 0 Å². The monoisotopic (exact) mass is 340 g/mol. The van der Waals surface area contributed by atoms with E-state index in [9.17, 15) is 8.42 Å². The molecule has 0 fully saturated rings. The maximum Gasteiger partial charge on any atom is 0.242 e. The number of halogens is 1. The van der Waals surface area contributed by atoms with Crippen LogP contribution in [-0.2, 0) is 10.0 Å². The normalized spacial score (nSPS) is 13.2. The minimum Gasteiger partial charge on any atom is -0.262 e. The van der Waals surface area contributed by atoms with Crippen molar-refractivity contribution in [2.75, 3.05) is 0 Å². The summed E-state index contributed by atoms with van der Waals surface area (Å²) in [6, 6.07) is 10.6. The lowest BCUT2D eigenvalue weighted by Gasteiger charge is -2.14. The van der Waals surface area contributed by atoms with Gasteiger partial charge in [-0.25, -0.2) is 13.1 Å². The molecule has 0 aliphatic rings. The lowest BCUT2D eigenvalue weighted by molar-refractivity contribution is 0.566. The highest BCUT2D eigenvalue weighted by Gasteiger charge is 2.18. The van der Waals surface area contributed by atoms with Crippen molar-refractivity contribution < 1.29 is 8.42 Å². The van der Waals surface area contributed by atoms with Crippen molar-refractivity contribution in [3.8, 4) is 0 Å². The lowest BCUT2D eigenvalue weighted by atomic mass is 10.1. The highest BCUT2D eigenvalue weighted by atomic mass is 79.9. The highest BCUT2D eigenvalue weighted by molar-refractivity contribution is 9.10. The van der Waals surface area contributed by atoms with Crippen molar-refractivity contribution in [3.63, 3.8) is 0 Å². The van der Waals surface area contributed by atoms with E-state index < -0.39 is 10.0 Å². The molecule has 2 aromatic rings. The number of hydrogen-bond donors (Lipinski definition) is 1. The summed E-state index contributed by atoms with van der Waals surface area (Å²) in [5.41, 5.74) is 0.911. The van der Waals surface area contributed by atoms with Crippen LogP contribution in [0.2, 0.25) is 0 Å². The Labute approximate surface area is 121 Å². The lowest BCUT2D eigenvalue weighted by Crippen LogP contribution is -2.27. The van der Waals surface area contributed by atoms with Crippen LogP contribution in [0.4, 0.5) is 0 Å². The molecular formula is C13H13BrN2O2S. The van der Waals surface area contributed by atoms with E-state index in [0.717, 1.165) is 5.56 Å². The Hall–Kier alpha value is -1.24. The van der Waals surface area contributed by atoms with E-state index in [0.29, 0.717) is 4.47 Å². The number of sulfonamides is 1. The minimum atomic E-state index is -3.57. The third kappa shape index (κ3) is 3.62. The van der Waals surface area contributed by atoms with Gasteiger partial charge in [-0.05, 0) is 34.5 Å². The van der Waals surface area contributed by atoms with Crippen molar-refractivity contribution in [1.82, 2.24) is 9.71 Å². The first-order valence-corrected chi connectivity index (χ1v) is 7.94. The fourth-order valence-corrected chi connectivity index (χ4v) is 3.39. The van der Waals surface area contributed by atoms with Gasteiger partial charge in [0.2, 0.25) is 10.0 Å². The predicted molar refractivity (Wildman–Crippen MR) is 77.1 cm³/mol. The Morgan fingerprint density at radius 2 is 1.89 bits per heavy atom. The molecular weight excluding hydrogens is 328 g/mol. The molecule has 0 saturated heterocycles. The number of nitrogens with zero attached hydrogens (tertiary/aromatic N) is 1.